The zero-order valence-electron chi connectivity index (χ0n) is 21.0. The minimum absolute atomic E-state index is 0.0198. The quantitative estimate of drug-likeness (QED) is 0.471. The van der Waals surface area contributed by atoms with Crippen molar-refractivity contribution in [1.29, 1.82) is 0 Å². The predicted molar refractivity (Wildman–Crippen MR) is 141 cm³/mol. The van der Waals surface area contributed by atoms with Crippen molar-refractivity contribution in [2.45, 2.75) is 19.4 Å². The predicted octanol–water partition coefficient (Wildman–Crippen LogP) is 2.20. The van der Waals surface area contributed by atoms with Crippen LogP contribution >= 0.6 is 0 Å². The summed E-state index contributed by atoms with van der Waals surface area (Å²) in [5, 5.41) is 15.4. The molecule has 1 saturated heterocycles. The molecule has 0 saturated carbocycles. The van der Waals surface area contributed by atoms with E-state index in [0.29, 0.717) is 18.5 Å². The third-order valence-electron chi connectivity index (χ3n) is 7.33. The summed E-state index contributed by atoms with van der Waals surface area (Å²) in [5.74, 6) is 1.57. The van der Waals surface area contributed by atoms with Crippen LogP contribution in [0.5, 0.6) is 0 Å². The van der Waals surface area contributed by atoms with Crippen LogP contribution in [0.25, 0.3) is 22.2 Å². The van der Waals surface area contributed by atoms with Gasteiger partial charge in [0.15, 0.2) is 0 Å². The van der Waals surface area contributed by atoms with Crippen LogP contribution in [0.1, 0.15) is 12.0 Å². The first-order chi connectivity index (χ1) is 17.3. The Labute approximate surface area is 209 Å². The molecule has 2 aliphatic rings. The molecule has 0 spiro atoms. The van der Waals surface area contributed by atoms with Crippen molar-refractivity contribution in [3.05, 3.63) is 52.7 Å². The lowest BCUT2D eigenvalue weighted by Gasteiger charge is -2.37. The highest BCUT2D eigenvalue weighted by Gasteiger charge is 2.28. The topological polar surface area (TPSA) is 95.5 Å². The molecular formula is C26H30N8O2. The Kier molecular flexibility index (Phi) is 5.22. The molecule has 1 atom stereocenters. The van der Waals surface area contributed by atoms with Gasteiger partial charge >= 0.3 is 0 Å². The van der Waals surface area contributed by atoms with Gasteiger partial charge in [0.25, 0.3) is 5.56 Å². The molecule has 0 aromatic carbocycles. The van der Waals surface area contributed by atoms with Gasteiger partial charge in [-0.15, -0.1) is 0 Å². The zero-order chi connectivity index (χ0) is 25.1. The number of aliphatic hydroxyl groups excluding tert-OH is 1. The molecule has 6 heterocycles. The summed E-state index contributed by atoms with van der Waals surface area (Å²) in [6.07, 6.45) is 6.03. The first kappa shape index (κ1) is 22.5. The lowest BCUT2D eigenvalue weighted by molar-refractivity contribution is 0.198. The maximum Gasteiger partial charge on any atom is 0.253 e. The number of anilines is 4. The molecule has 4 aromatic rings. The van der Waals surface area contributed by atoms with Crippen LogP contribution in [0, 0.1) is 6.92 Å². The number of pyridine rings is 3. The van der Waals surface area contributed by atoms with E-state index in [9.17, 15) is 9.90 Å². The number of β-amino-alcohol motifs (C(OH)–C–C–N with tert-alkyl or cyclic N) is 1. The van der Waals surface area contributed by atoms with E-state index in [2.05, 4.69) is 32.9 Å². The highest BCUT2D eigenvalue weighted by Crippen LogP contribution is 2.41. The monoisotopic (exact) mass is 486 g/mol. The smallest absolute Gasteiger partial charge is 0.253 e. The van der Waals surface area contributed by atoms with Gasteiger partial charge < -0.3 is 24.4 Å². The average molecular weight is 487 g/mol. The fourth-order valence-electron chi connectivity index (χ4n) is 5.27. The molecule has 1 fully saturated rings. The van der Waals surface area contributed by atoms with Crippen LogP contribution in [0.3, 0.4) is 0 Å². The van der Waals surface area contributed by atoms with Gasteiger partial charge in [-0.1, -0.05) is 0 Å². The first-order valence-electron chi connectivity index (χ1n) is 12.2. The molecule has 0 radical (unpaired) electrons. The number of rotatable bonds is 3. The van der Waals surface area contributed by atoms with E-state index < -0.39 is 0 Å². The second kappa shape index (κ2) is 8.34. The Morgan fingerprint density at radius 1 is 1.03 bits per heavy atom. The van der Waals surface area contributed by atoms with Gasteiger partial charge in [0, 0.05) is 76.1 Å². The molecule has 36 heavy (non-hydrogen) atoms. The number of fused-ring (bicyclic) bond motifs is 2. The molecule has 0 amide bonds. The second-order valence-electron chi connectivity index (χ2n) is 9.85. The van der Waals surface area contributed by atoms with Gasteiger partial charge in [0.05, 0.1) is 41.1 Å². The molecule has 186 valence electrons. The standard InChI is InChI=1S/C26H30N8O2/c1-16-9-19-21(32(4)26(16)36)11-24(33-6-5-18(35)15-33)29-25(19)34-8-7-30(2)22-10-20(27-13-23(22)34)17-12-28-31(3)14-17/h9-14,18,35H,5-8,15H2,1-4H3. The Morgan fingerprint density at radius 2 is 1.86 bits per heavy atom. The first-order valence-corrected chi connectivity index (χ1v) is 12.2. The normalized spacial score (nSPS) is 17.8. The Bertz CT molecular complexity index is 1540. The Hall–Kier alpha value is -3.92. The van der Waals surface area contributed by atoms with Crippen LogP contribution < -0.4 is 20.3 Å². The second-order valence-corrected chi connectivity index (χ2v) is 9.85. The average Bonchev–Trinajstić information content (AvgIpc) is 3.51. The molecule has 0 aliphatic carbocycles. The third kappa shape index (κ3) is 3.60. The number of aryl methyl sites for hydroxylation is 3. The minimum Gasteiger partial charge on any atom is -0.391 e. The van der Waals surface area contributed by atoms with Crippen molar-refractivity contribution >= 4 is 33.9 Å². The van der Waals surface area contributed by atoms with Gasteiger partial charge in [0.1, 0.15) is 11.6 Å². The number of likely N-dealkylation sites (N-methyl/N-ethyl adjacent to an activating group) is 1. The molecule has 1 N–H and O–H groups in total. The number of aromatic nitrogens is 5. The Morgan fingerprint density at radius 3 is 2.58 bits per heavy atom. The van der Waals surface area contributed by atoms with Gasteiger partial charge in [-0.05, 0) is 25.5 Å². The summed E-state index contributed by atoms with van der Waals surface area (Å²) in [6, 6.07) is 6.01. The maximum atomic E-state index is 12.8. The van der Waals surface area contributed by atoms with E-state index >= 15 is 0 Å². The summed E-state index contributed by atoms with van der Waals surface area (Å²) in [5.41, 5.74) is 5.35. The molecular weight excluding hydrogens is 456 g/mol. The van der Waals surface area contributed by atoms with Crippen molar-refractivity contribution < 1.29 is 5.11 Å². The van der Waals surface area contributed by atoms with E-state index in [1.807, 2.05) is 51.7 Å². The van der Waals surface area contributed by atoms with E-state index in [0.717, 1.165) is 64.8 Å². The summed E-state index contributed by atoms with van der Waals surface area (Å²) in [4.78, 5) is 29.3. The van der Waals surface area contributed by atoms with E-state index in [4.69, 9.17) is 9.97 Å². The molecule has 2 aliphatic heterocycles. The number of nitrogens with zero attached hydrogens (tertiary/aromatic N) is 8. The molecule has 0 bridgehead atoms. The van der Waals surface area contributed by atoms with Crippen LogP contribution in [0.15, 0.2) is 41.6 Å². The van der Waals surface area contributed by atoms with Crippen molar-refractivity contribution in [1.82, 2.24) is 24.3 Å². The number of aliphatic hydroxyl groups is 1. The fourth-order valence-corrected chi connectivity index (χ4v) is 5.27. The van der Waals surface area contributed by atoms with E-state index in [-0.39, 0.29) is 11.7 Å². The lowest BCUT2D eigenvalue weighted by Crippen LogP contribution is -2.37. The van der Waals surface area contributed by atoms with E-state index in [1.54, 1.807) is 9.25 Å². The minimum atomic E-state index is -0.368. The summed E-state index contributed by atoms with van der Waals surface area (Å²) < 4.78 is 3.47. The van der Waals surface area contributed by atoms with Crippen molar-refractivity contribution in [3.63, 3.8) is 0 Å². The molecule has 10 heteroatoms. The fraction of sp³-hybridized carbons (Fsp3) is 0.385. The molecule has 6 rings (SSSR count). The molecule has 1 unspecified atom stereocenters. The van der Waals surface area contributed by atoms with Crippen molar-refractivity contribution in [2.24, 2.45) is 14.1 Å². The van der Waals surface area contributed by atoms with Crippen molar-refractivity contribution in [3.8, 4) is 11.3 Å². The van der Waals surface area contributed by atoms with Gasteiger partial charge in [-0.2, -0.15) is 5.10 Å². The summed E-state index contributed by atoms with van der Waals surface area (Å²) in [6.45, 7) is 4.65. The number of hydrogen-bond acceptors (Lipinski definition) is 8. The highest BCUT2D eigenvalue weighted by atomic mass is 16.3. The van der Waals surface area contributed by atoms with Crippen molar-refractivity contribution in [2.75, 3.05) is 47.9 Å². The van der Waals surface area contributed by atoms with E-state index in [1.165, 1.54) is 0 Å². The summed E-state index contributed by atoms with van der Waals surface area (Å²) in [7, 11) is 5.79. The number of hydrogen-bond donors (Lipinski definition) is 1. The van der Waals surface area contributed by atoms with Gasteiger partial charge in [-0.25, -0.2) is 4.98 Å². The lowest BCUT2D eigenvalue weighted by atomic mass is 10.1. The highest BCUT2D eigenvalue weighted by molar-refractivity contribution is 5.96. The Balaban J connectivity index is 1.54. The van der Waals surface area contributed by atoms with Gasteiger partial charge in [-0.3, -0.25) is 14.5 Å². The zero-order valence-corrected chi connectivity index (χ0v) is 21.0. The molecule has 4 aromatic heterocycles. The van der Waals surface area contributed by atoms with Crippen LogP contribution in [0.4, 0.5) is 23.0 Å². The van der Waals surface area contributed by atoms with Crippen LogP contribution in [0.2, 0.25) is 0 Å². The van der Waals surface area contributed by atoms with Gasteiger partial charge in [0.2, 0.25) is 0 Å². The summed E-state index contributed by atoms with van der Waals surface area (Å²) >= 11 is 0. The largest absolute Gasteiger partial charge is 0.391 e. The molecule has 10 nitrogen and oxygen atoms in total. The van der Waals surface area contributed by atoms with Crippen LogP contribution in [-0.4, -0.2) is 68.8 Å². The maximum absolute atomic E-state index is 12.8. The third-order valence-corrected chi connectivity index (χ3v) is 7.33. The van der Waals surface area contributed by atoms with Crippen LogP contribution in [-0.2, 0) is 14.1 Å². The SMILES string of the molecule is Cc1cc2c(N3CCN(C)c4cc(-c5cnn(C)c5)ncc43)nc(N3CCC(O)C3)cc2n(C)c1=O.